The average Bonchev–Trinajstić information content (AvgIpc) is 3.38. The number of nitrogens with one attached hydrogen (secondary N) is 2. The Morgan fingerprint density at radius 3 is 2.13 bits per heavy atom. The number of ether oxygens (including phenoxy) is 4. The van der Waals surface area contributed by atoms with Crippen molar-refractivity contribution in [2.45, 2.75) is 38.7 Å². The molecule has 13 nitrogen and oxygen atoms in total. The summed E-state index contributed by atoms with van der Waals surface area (Å²) in [5.74, 6) is -1.97. The molecule has 4 aromatic carbocycles. The van der Waals surface area contributed by atoms with E-state index in [1.54, 1.807) is 36.4 Å². The summed E-state index contributed by atoms with van der Waals surface area (Å²) in [7, 11) is 0. The molecule has 14 heteroatoms. The van der Waals surface area contributed by atoms with Crippen LogP contribution in [-0.2, 0) is 35.9 Å². The molecule has 2 aliphatic rings. The van der Waals surface area contributed by atoms with Crippen molar-refractivity contribution in [2.24, 2.45) is 0 Å². The molecular formula is C38H31ClN2O11. The van der Waals surface area contributed by atoms with Gasteiger partial charge in [0, 0.05) is 61.0 Å². The highest BCUT2D eigenvalue weighted by Crippen LogP contribution is 2.58. The Hall–Kier alpha value is -6.34. The van der Waals surface area contributed by atoms with E-state index in [0.717, 1.165) is 6.08 Å². The van der Waals surface area contributed by atoms with Crippen LogP contribution in [0.15, 0.2) is 66.7 Å². The minimum Gasteiger partial charge on any atom is -0.507 e. The van der Waals surface area contributed by atoms with Crippen molar-refractivity contribution in [3.05, 3.63) is 105 Å². The van der Waals surface area contributed by atoms with Crippen LogP contribution in [-0.4, -0.2) is 47.0 Å². The third kappa shape index (κ3) is 6.73. The van der Waals surface area contributed by atoms with E-state index in [0.29, 0.717) is 53.6 Å². The zero-order chi connectivity index (χ0) is 37.2. The van der Waals surface area contributed by atoms with Crippen LogP contribution < -0.4 is 24.8 Å². The molecule has 0 saturated carbocycles. The summed E-state index contributed by atoms with van der Waals surface area (Å²) in [6.45, 7) is 2.77. The molecule has 4 aromatic rings. The molecule has 266 valence electrons. The summed E-state index contributed by atoms with van der Waals surface area (Å²) in [6.07, 6.45) is 4.19. The van der Waals surface area contributed by atoms with Crippen LogP contribution in [0, 0.1) is 0 Å². The van der Waals surface area contributed by atoms with Gasteiger partial charge in [-0.1, -0.05) is 17.7 Å². The van der Waals surface area contributed by atoms with E-state index >= 15 is 0 Å². The lowest BCUT2D eigenvalue weighted by atomic mass is 9.76. The van der Waals surface area contributed by atoms with Crippen LogP contribution in [0.5, 0.6) is 34.5 Å². The minimum atomic E-state index is -1.53. The molecule has 4 N–H and O–H groups in total. The second kappa shape index (κ2) is 14.5. The lowest BCUT2D eigenvalue weighted by Gasteiger charge is -2.36. The smallest absolute Gasteiger partial charge is 0.340 e. The van der Waals surface area contributed by atoms with Crippen molar-refractivity contribution in [2.75, 3.05) is 11.9 Å². The Kier molecular flexibility index (Phi) is 9.89. The molecule has 6 rings (SSSR count). The number of unbranched alkanes of at least 4 members (excludes halogenated alkanes) is 1. The molecule has 0 saturated heterocycles. The predicted molar refractivity (Wildman–Crippen MR) is 187 cm³/mol. The van der Waals surface area contributed by atoms with E-state index in [4.69, 9.17) is 30.5 Å². The average molecular weight is 727 g/mol. The highest BCUT2D eigenvalue weighted by Gasteiger charge is 2.54. The fraction of sp³-hybridized carbons (Fsp3) is 0.184. The highest BCUT2D eigenvalue weighted by atomic mass is 35.5. The summed E-state index contributed by atoms with van der Waals surface area (Å²) in [5.41, 5.74) is 1.00. The summed E-state index contributed by atoms with van der Waals surface area (Å²) < 4.78 is 23.1. The number of halogens is 1. The maximum Gasteiger partial charge on any atom is 0.340 e. The van der Waals surface area contributed by atoms with Crippen molar-refractivity contribution >= 4 is 53.6 Å². The van der Waals surface area contributed by atoms with Gasteiger partial charge in [0.25, 0.3) is 0 Å². The maximum atomic E-state index is 14.0. The second-order valence-corrected chi connectivity index (χ2v) is 12.3. The van der Waals surface area contributed by atoms with Crippen LogP contribution in [0.2, 0.25) is 5.02 Å². The Morgan fingerprint density at radius 1 is 0.885 bits per heavy atom. The summed E-state index contributed by atoms with van der Waals surface area (Å²) >= 11 is 5.89. The van der Waals surface area contributed by atoms with E-state index in [1.807, 2.05) is 0 Å². The van der Waals surface area contributed by atoms with Gasteiger partial charge in [-0.2, -0.15) is 0 Å². The monoisotopic (exact) mass is 726 g/mol. The number of carbonyl (C=O) groups excluding carboxylic acids is 5. The first-order chi connectivity index (χ1) is 24.9. The lowest BCUT2D eigenvalue weighted by Crippen LogP contribution is -2.33. The van der Waals surface area contributed by atoms with Crippen molar-refractivity contribution in [3.8, 4) is 34.5 Å². The van der Waals surface area contributed by atoms with Crippen LogP contribution in [0.25, 0.3) is 6.08 Å². The van der Waals surface area contributed by atoms with Gasteiger partial charge >= 0.3 is 17.9 Å². The number of phenols is 2. The molecule has 0 fully saturated rings. The van der Waals surface area contributed by atoms with Gasteiger partial charge in [-0.25, -0.2) is 4.79 Å². The number of rotatable bonds is 11. The maximum absolute atomic E-state index is 14.0. The zero-order valence-corrected chi connectivity index (χ0v) is 28.5. The Labute approximate surface area is 301 Å². The van der Waals surface area contributed by atoms with Crippen LogP contribution in [0.4, 0.5) is 5.69 Å². The second-order valence-electron chi connectivity index (χ2n) is 11.9. The van der Waals surface area contributed by atoms with Crippen molar-refractivity contribution in [1.29, 1.82) is 0 Å². The van der Waals surface area contributed by atoms with E-state index < -0.39 is 29.4 Å². The molecule has 52 heavy (non-hydrogen) atoms. The molecule has 0 radical (unpaired) electrons. The Morgan fingerprint density at radius 2 is 1.52 bits per heavy atom. The number of fused-ring (bicyclic) bond motifs is 6. The molecular weight excluding hydrogens is 696 g/mol. The first-order valence-corrected chi connectivity index (χ1v) is 16.4. The minimum absolute atomic E-state index is 0.00453. The Bertz CT molecular complexity index is 2110. The number of hydrogen-bond donors (Lipinski definition) is 4. The fourth-order valence-electron chi connectivity index (χ4n) is 6.35. The van der Waals surface area contributed by atoms with Gasteiger partial charge in [0.1, 0.15) is 34.5 Å². The zero-order valence-electron chi connectivity index (χ0n) is 27.8. The standard InChI is InChI=1S/C38H31ClN2O11/c1-20(43)49-22-6-9-26-32(17-22)51-33-18-23(50-21(2)44)7-10-27(33)38(26)28-11-13-30(41-19-42)24(35(28)37(48)52-38)5-3-4-16-40-34(46)15-8-25-31(45)14-12-29(39)36(25)47/h6-15,17-19,45,47H,3-5,16H2,1-2H3,(H,40,46)(H,41,42). The molecule has 2 heterocycles. The number of benzene rings is 4. The number of amides is 2. The van der Waals surface area contributed by atoms with Crippen molar-refractivity contribution < 1.29 is 53.1 Å². The third-order valence-electron chi connectivity index (χ3n) is 8.46. The molecule has 0 bridgehead atoms. The first kappa shape index (κ1) is 35.5. The molecule has 0 unspecified atom stereocenters. The first-order valence-electron chi connectivity index (χ1n) is 16.0. The van der Waals surface area contributed by atoms with Gasteiger partial charge in [0.15, 0.2) is 5.60 Å². The fourth-order valence-corrected chi connectivity index (χ4v) is 6.51. The predicted octanol–water partition coefficient (Wildman–Crippen LogP) is 5.89. The number of hydrogen-bond acceptors (Lipinski definition) is 11. The van der Waals surface area contributed by atoms with E-state index in [1.165, 1.54) is 44.2 Å². The number of aromatic hydroxyl groups is 2. The number of phenolic OH excluding ortho intramolecular Hbond substituents is 2. The largest absolute Gasteiger partial charge is 0.507 e. The van der Waals surface area contributed by atoms with Crippen molar-refractivity contribution in [3.63, 3.8) is 0 Å². The lowest BCUT2D eigenvalue weighted by molar-refractivity contribution is -0.132. The van der Waals surface area contributed by atoms with Crippen molar-refractivity contribution in [1.82, 2.24) is 5.32 Å². The van der Waals surface area contributed by atoms with E-state index in [9.17, 15) is 34.2 Å². The van der Waals surface area contributed by atoms with Gasteiger partial charge in [-0.05, 0) is 73.4 Å². The number of esters is 3. The van der Waals surface area contributed by atoms with Crippen LogP contribution in [0.3, 0.4) is 0 Å². The Balaban J connectivity index is 1.30. The van der Waals surface area contributed by atoms with Crippen LogP contribution in [0.1, 0.15) is 64.9 Å². The normalized spacial score (nSPS) is 13.3. The number of carbonyl (C=O) groups is 5. The molecule has 0 aliphatic carbocycles. The molecule has 0 atom stereocenters. The quantitative estimate of drug-likeness (QED) is 0.0475. The molecule has 2 aliphatic heterocycles. The van der Waals surface area contributed by atoms with Gasteiger partial charge in [-0.15, -0.1) is 0 Å². The molecule has 2 amide bonds. The highest BCUT2D eigenvalue weighted by molar-refractivity contribution is 6.32. The van der Waals surface area contributed by atoms with Gasteiger partial charge in [0.05, 0.1) is 16.1 Å². The van der Waals surface area contributed by atoms with E-state index in [-0.39, 0.29) is 57.2 Å². The van der Waals surface area contributed by atoms with Gasteiger partial charge in [-0.3, -0.25) is 19.2 Å². The molecule has 0 aromatic heterocycles. The summed E-state index contributed by atoms with van der Waals surface area (Å²) in [5, 5.41) is 25.5. The third-order valence-corrected chi connectivity index (χ3v) is 8.77. The number of anilines is 1. The van der Waals surface area contributed by atoms with E-state index in [2.05, 4.69) is 10.6 Å². The van der Waals surface area contributed by atoms with Gasteiger partial charge in [0.2, 0.25) is 12.3 Å². The summed E-state index contributed by atoms with van der Waals surface area (Å²) in [6, 6.07) is 15.4. The van der Waals surface area contributed by atoms with Gasteiger partial charge < -0.3 is 39.8 Å². The summed E-state index contributed by atoms with van der Waals surface area (Å²) in [4.78, 5) is 61.5. The van der Waals surface area contributed by atoms with Crippen LogP contribution >= 0.6 is 11.6 Å². The molecule has 1 spiro atoms. The SMILES string of the molecule is CC(=O)Oc1ccc2c(c1)Oc1cc(OC(C)=O)ccc1C21OC(=O)c2c1ccc(NC=O)c2CCCCNC(=O)C=Cc1c(O)ccc(Cl)c1O. The topological polar surface area (TPSA) is 187 Å².